The van der Waals surface area contributed by atoms with Crippen molar-refractivity contribution in [1.82, 2.24) is 20.1 Å². The standard InChI is InChI=1S/C16H17ClN6O10S2/c1-16(2)11(14(27)23(16)33-35(29,30)31)20-13(26)10(9-12(17)34-15(18)19-9)21-32-5-6-3-7(24)8(25)4-22(6)28/h3-4,11,25,28H,5H2,1-2H3,(H2,18,19)(H,20,26)(H,29,30,31)/b21-10-/t11-/m1/s1. The maximum atomic E-state index is 13.0. The lowest BCUT2D eigenvalue weighted by atomic mass is 9.84. The first-order valence-corrected chi connectivity index (χ1v) is 11.8. The van der Waals surface area contributed by atoms with Crippen LogP contribution < -0.4 is 16.5 Å². The summed E-state index contributed by atoms with van der Waals surface area (Å²) in [5.41, 5.74) is 2.47. The summed E-state index contributed by atoms with van der Waals surface area (Å²) in [6, 6.07) is -0.464. The van der Waals surface area contributed by atoms with E-state index in [9.17, 15) is 33.1 Å². The lowest BCUT2D eigenvalue weighted by molar-refractivity contribution is -0.218. The Balaban J connectivity index is 1.85. The molecule has 35 heavy (non-hydrogen) atoms. The van der Waals surface area contributed by atoms with Gasteiger partial charge in [0.15, 0.2) is 23.2 Å². The number of aromatic hydroxyl groups is 1. The van der Waals surface area contributed by atoms with Crippen LogP contribution in [0.5, 0.6) is 5.75 Å². The molecule has 190 valence electrons. The number of carbonyl (C=O) groups excluding carboxylic acids is 2. The number of hydrogen-bond acceptors (Lipinski definition) is 13. The molecule has 1 atom stereocenters. The molecular weight excluding hydrogens is 536 g/mol. The van der Waals surface area contributed by atoms with Gasteiger partial charge in [0.2, 0.25) is 5.43 Å². The maximum absolute atomic E-state index is 13.0. The number of rotatable bonds is 8. The zero-order valence-corrected chi connectivity index (χ0v) is 20.1. The average molecular weight is 553 g/mol. The molecule has 0 aromatic carbocycles. The number of nitrogens with one attached hydrogen (secondary N) is 1. The molecule has 0 unspecified atom stereocenters. The fourth-order valence-corrected chi connectivity index (χ4v) is 4.28. The van der Waals surface area contributed by atoms with Crippen LogP contribution in [0.2, 0.25) is 4.34 Å². The van der Waals surface area contributed by atoms with Gasteiger partial charge in [0.25, 0.3) is 11.8 Å². The summed E-state index contributed by atoms with van der Waals surface area (Å²) in [6.07, 6.45) is 0.723. The number of hydroxylamine groups is 2. The van der Waals surface area contributed by atoms with Gasteiger partial charge in [-0.1, -0.05) is 28.1 Å². The molecule has 19 heteroatoms. The Kier molecular flexibility index (Phi) is 6.95. The summed E-state index contributed by atoms with van der Waals surface area (Å²) in [5, 5.41) is 25.4. The van der Waals surface area contributed by atoms with Gasteiger partial charge in [0.05, 0.1) is 11.7 Å². The van der Waals surface area contributed by atoms with E-state index in [0.717, 1.165) is 23.6 Å². The highest BCUT2D eigenvalue weighted by atomic mass is 35.5. The number of halogens is 1. The zero-order valence-electron chi connectivity index (χ0n) is 17.7. The first kappa shape index (κ1) is 26.2. The summed E-state index contributed by atoms with van der Waals surface area (Å²) in [5.74, 6) is -2.76. The van der Waals surface area contributed by atoms with E-state index in [0.29, 0.717) is 9.79 Å². The van der Waals surface area contributed by atoms with E-state index in [1.165, 1.54) is 13.8 Å². The van der Waals surface area contributed by atoms with Gasteiger partial charge >= 0.3 is 10.4 Å². The van der Waals surface area contributed by atoms with Crippen LogP contribution >= 0.6 is 22.9 Å². The van der Waals surface area contributed by atoms with Gasteiger partial charge in [-0.15, -0.1) is 4.28 Å². The highest BCUT2D eigenvalue weighted by Crippen LogP contribution is 2.33. The van der Waals surface area contributed by atoms with Gasteiger partial charge in [0, 0.05) is 6.07 Å². The minimum atomic E-state index is -5.00. The summed E-state index contributed by atoms with van der Waals surface area (Å²) in [4.78, 5) is 45.8. The quantitative estimate of drug-likeness (QED) is 0.0893. The molecule has 16 nitrogen and oxygen atoms in total. The van der Waals surface area contributed by atoms with E-state index in [1.54, 1.807) is 0 Å². The van der Waals surface area contributed by atoms with Crippen LogP contribution in [0.1, 0.15) is 25.2 Å². The Hall–Kier alpha value is -3.45. The molecule has 1 aliphatic rings. The minimum absolute atomic E-state index is 0.0268. The fraction of sp³-hybridized carbons (Fsp3) is 0.312. The molecule has 3 rings (SSSR count). The lowest BCUT2D eigenvalue weighted by Crippen LogP contribution is -2.76. The van der Waals surface area contributed by atoms with Gasteiger partial charge in [-0.25, -0.2) is 4.98 Å². The Morgan fingerprint density at radius 1 is 1.43 bits per heavy atom. The van der Waals surface area contributed by atoms with Crippen LogP contribution in [0.15, 0.2) is 22.2 Å². The fourth-order valence-electron chi connectivity index (χ4n) is 2.90. The van der Waals surface area contributed by atoms with Crippen molar-refractivity contribution in [3.05, 3.63) is 38.2 Å². The average Bonchev–Trinajstić information content (AvgIpc) is 3.07. The van der Waals surface area contributed by atoms with E-state index in [4.69, 9.17) is 26.7 Å². The summed E-state index contributed by atoms with van der Waals surface area (Å²) >= 11 is 6.87. The first-order chi connectivity index (χ1) is 16.1. The molecule has 2 aromatic heterocycles. The van der Waals surface area contributed by atoms with Gasteiger partial charge < -0.3 is 26.2 Å². The third-order valence-electron chi connectivity index (χ3n) is 4.62. The summed E-state index contributed by atoms with van der Waals surface area (Å²) in [7, 11) is -5.00. The molecule has 2 amide bonds. The number of nitrogens with zero attached hydrogens (tertiary/aromatic N) is 4. The second-order valence-corrected chi connectivity index (χ2v) is 10.1. The van der Waals surface area contributed by atoms with E-state index in [1.807, 2.05) is 0 Å². The molecule has 6 N–H and O–H groups in total. The Labute approximate surface area is 205 Å². The number of anilines is 1. The Morgan fingerprint density at radius 3 is 2.63 bits per heavy atom. The van der Waals surface area contributed by atoms with Gasteiger partial charge in [-0.3, -0.25) is 18.9 Å². The maximum Gasteiger partial charge on any atom is 0.418 e. The number of thiazole rings is 1. The van der Waals surface area contributed by atoms with E-state index in [2.05, 4.69) is 19.7 Å². The molecule has 1 fully saturated rings. The number of β-lactam (4-membered cyclic amide) rings is 1. The molecule has 3 heterocycles. The number of nitrogens with two attached hydrogens (primary N) is 1. The normalized spacial score (nSPS) is 17.7. The van der Waals surface area contributed by atoms with Gasteiger partial charge in [-0.2, -0.15) is 18.2 Å². The van der Waals surface area contributed by atoms with Crippen molar-refractivity contribution < 1.29 is 42.0 Å². The SMILES string of the molecule is CC1(C)[C@H](NC(=O)/C(=N\OCc2cc(=O)c(O)cn2O)c2nc(N)sc2Cl)C(=O)N1OS(=O)(=O)O. The second-order valence-electron chi connectivity index (χ2n) is 7.44. The van der Waals surface area contributed by atoms with E-state index in [-0.39, 0.29) is 20.9 Å². The summed E-state index contributed by atoms with van der Waals surface area (Å²) in [6.45, 7) is 2.14. The molecular formula is C16H17ClN6O10S2. The minimum Gasteiger partial charge on any atom is -0.503 e. The zero-order chi connectivity index (χ0) is 26.3. The monoisotopic (exact) mass is 552 g/mol. The molecule has 0 radical (unpaired) electrons. The van der Waals surface area contributed by atoms with Crippen LogP contribution in [-0.4, -0.2) is 67.2 Å². The van der Waals surface area contributed by atoms with E-state index >= 15 is 0 Å². The third kappa shape index (κ3) is 5.46. The van der Waals surface area contributed by atoms with Crippen molar-refractivity contribution in [3.8, 4) is 5.75 Å². The number of amides is 2. The molecule has 2 aromatic rings. The Bertz CT molecular complexity index is 1390. The van der Waals surface area contributed by atoms with Gasteiger partial charge in [-0.05, 0) is 13.8 Å². The molecule has 1 aliphatic heterocycles. The van der Waals surface area contributed by atoms with Gasteiger partial charge in [0.1, 0.15) is 21.8 Å². The van der Waals surface area contributed by atoms with Crippen molar-refractivity contribution in [3.63, 3.8) is 0 Å². The first-order valence-electron chi connectivity index (χ1n) is 9.19. The van der Waals surface area contributed by atoms with Crippen molar-refractivity contribution >= 4 is 56.0 Å². The second kappa shape index (κ2) is 9.30. The molecule has 1 saturated heterocycles. The number of nitrogen functional groups attached to an aromatic ring is 1. The van der Waals surface area contributed by atoms with Crippen LogP contribution in [-0.2, 0) is 35.7 Å². The van der Waals surface area contributed by atoms with Crippen molar-refractivity contribution in [1.29, 1.82) is 0 Å². The van der Waals surface area contributed by atoms with Crippen LogP contribution in [0.25, 0.3) is 0 Å². The largest absolute Gasteiger partial charge is 0.503 e. The van der Waals surface area contributed by atoms with Crippen molar-refractivity contribution in [2.75, 3.05) is 5.73 Å². The highest BCUT2D eigenvalue weighted by Gasteiger charge is 2.58. The predicted molar refractivity (Wildman–Crippen MR) is 118 cm³/mol. The van der Waals surface area contributed by atoms with Crippen LogP contribution in [0, 0.1) is 0 Å². The molecule has 0 spiro atoms. The predicted octanol–water partition coefficient (Wildman–Crippen LogP) is -0.756. The number of pyridine rings is 1. The summed E-state index contributed by atoms with van der Waals surface area (Å²) < 4.78 is 35.3. The van der Waals surface area contributed by atoms with E-state index < -0.39 is 57.3 Å². The number of oxime groups is 1. The molecule has 0 aliphatic carbocycles. The molecule has 0 saturated carbocycles. The number of hydrogen-bond donors (Lipinski definition) is 5. The smallest absolute Gasteiger partial charge is 0.418 e. The molecule has 0 bridgehead atoms. The van der Waals surface area contributed by atoms with Crippen LogP contribution in [0.3, 0.4) is 0 Å². The number of aromatic nitrogens is 2. The third-order valence-corrected chi connectivity index (χ3v) is 6.04. The van der Waals surface area contributed by atoms with Crippen molar-refractivity contribution in [2.24, 2.45) is 5.16 Å². The highest BCUT2D eigenvalue weighted by molar-refractivity contribution is 7.80. The number of carbonyl (C=O) groups is 2. The van der Waals surface area contributed by atoms with Crippen LogP contribution in [0.4, 0.5) is 5.13 Å². The van der Waals surface area contributed by atoms with Crippen molar-refractivity contribution in [2.45, 2.75) is 32.0 Å². The lowest BCUT2D eigenvalue weighted by Gasteiger charge is -2.50. The Morgan fingerprint density at radius 2 is 2.09 bits per heavy atom. The topological polar surface area (TPSA) is 236 Å².